The average Bonchev–Trinajstić information content (AvgIpc) is 2.45. The topological polar surface area (TPSA) is 55.4 Å². The number of benzene rings is 1. The number of methoxy groups -OCH3 is 1. The van der Waals surface area contributed by atoms with Gasteiger partial charge in [0.05, 0.1) is 7.11 Å². The second-order valence-corrected chi connectivity index (χ2v) is 4.15. The molecule has 102 valence electrons. The molecule has 1 aromatic carbocycles. The maximum absolute atomic E-state index is 11.8. The Morgan fingerprint density at radius 3 is 2.63 bits per heavy atom. The Hall–Kier alpha value is -2.10. The minimum atomic E-state index is -0.647. The van der Waals surface area contributed by atoms with E-state index >= 15 is 0 Å². The van der Waals surface area contributed by atoms with Gasteiger partial charge in [0.15, 0.2) is 0 Å². The van der Waals surface area contributed by atoms with Crippen LogP contribution in [0.1, 0.15) is 18.4 Å². The maximum Gasteiger partial charge on any atom is 0.328 e. The Labute approximate surface area is 113 Å². The van der Waals surface area contributed by atoms with Crippen LogP contribution in [-0.2, 0) is 20.7 Å². The molecule has 1 atom stereocenters. The van der Waals surface area contributed by atoms with Gasteiger partial charge in [-0.3, -0.25) is 4.79 Å². The Balaban J connectivity index is 2.44. The van der Waals surface area contributed by atoms with Gasteiger partial charge in [0.2, 0.25) is 5.91 Å². The summed E-state index contributed by atoms with van der Waals surface area (Å²) in [7, 11) is 1.30. The number of ether oxygens (including phenoxy) is 1. The van der Waals surface area contributed by atoms with E-state index in [2.05, 4.69) is 16.6 Å². The lowest BCUT2D eigenvalue weighted by Crippen LogP contribution is -2.41. The fourth-order valence-corrected chi connectivity index (χ4v) is 1.69. The van der Waals surface area contributed by atoms with Gasteiger partial charge in [0.25, 0.3) is 0 Å². The molecule has 0 aliphatic heterocycles. The van der Waals surface area contributed by atoms with Gasteiger partial charge >= 0.3 is 5.97 Å². The van der Waals surface area contributed by atoms with Crippen molar-refractivity contribution in [2.45, 2.75) is 25.3 Å². The van der Waals surface area contributed by atoms with Crippen LogP contribution in [0.25, 0.3) is 0 Å². The first-order valence-electron chi connectivity index (χ1n) is 6.19. The minimum Gasteiger partial charge on any atom is -0.467 e. The van der Waals surface area contributed by atoms with Crippen LogP contribution in [0, 0.1) is 0 Å². The molecule has 1 amide bonds. The van der Waals surface area contributed by atoms with Crippen LogP contribution in [0.3, 0.4) is 0 Å². The van der Waals surface area contributed by atoms with Gasteiger partial charge < -0.3 is 10.1 Å². The van der Waals surface area contributed by atoms with Crippen LogP contribution in [0.2, 0.25) is 0 Å². The SMILES string of the molecule is C=CC[C@H](NC(=O)CCc1ccccc1)C(=O)OC. The summed E-state index contributed by atoms with van der Waals surface area (Å²) in [6.45, 7) is 3.56. The van der Waals surface area contributed by atoms with E-state index in [1.807, 2.05) is 30.3 Å². The number of esters is 1. The van der Waals surface area contributed by atoms with Gasteiger partial charge in [-0.05, 0) is 18.4 Å². The average molecular weight is 261 g/mol. The highest BCUT2D eigenvalue weighted by molar-refractivity contribution is 5.84. The van der Waals surface area contributed by atoms with E-state index in [9.17, 15) is 9.59 Å². The van der Waals surface area contributed by atoms with Crippen molar-refractivity contribution in [3.8, 4) is 0 Å². The summed E-state index contributed by atoms with van der Waals surface area (Å²) in [4.78, 5) is 23.2. The number of carbonyl (C=O) groups excluding carboxylic acids is 2. The largest absolute Gasteiger partial charge is 0.467 e. The molecule has 0 bridgehead atoms. The predicted octanol–water partition coefficient (Wildman–Crippen LogP) is 1.85. The normalized spacial score (nSPS) is 11.4. The van der Waals surface area contributed by atoms with E-state index in [0.29, 0.717) is 19.3 Å². The second-order valence-electron chi connectivity index (χ2n) is 4.15. The molecule has 1 N–H and O–H groups in total. The van der Waals surface area contributed by atoms with Crippen LogP contribution in [-0.4, -0.2) is 25.0 Å². The van der Waals surface area contributed by atoms with Crippen LogP contribution in [0.15, 0.2) is 43.0 Å². The van der Waals surface area contributed by atoms with Gasteiger partial charge in [0, 0.05) is 6.42 Å². The van der Waals surface area contributed by atoms with Crippen LogP contribution in [0.4, 0.5) is 0 Å². The molecule has 0 spiro atoms. The molecular weight excluding hydrogens is 242 g/mol. The van der Waals surface area contributed by atoms with Crippen molar-refractivity contribution < 1.29 is 14.3 Å². The number of nitrogens with one attached hydrogen (secondary N) is 1. The van der Waals surface area contributed by atoms with Crippen molar-refractivity contribution in [2.24, 2.45) is 0 Å². The van der Waals surface area contributed by atoms with E-state index in [1.54, 1.807) is 6.08 Å². The molecule has 0 saturated heterocycles. The summed E-state index contributed by atoms with van der Waals surface area (Å²) in [6.07, 6.45) is 2.94. The summed E-state index contributed by atoms with van der Waals surface area (Å²) >= 11 is 0. The fourth-order valence-electron chi connectivity index (χ4n) is 1.69. The Bertz CT molecular complexity index is 428. The van der Waals surface area contributed by atoms with Gasteiger partial charge in [-0.25, -0.2) is 4.79 Å². The van der Waals surface area contributed by atoms with Gasteiger partial charge in [-0.2, -0.15) is 0 Å². The molecule has 0 unspecified atom stereocenters. The van der Waals surface area contributed by atoms with E-state index in [-0.39, 0.29) is 5.91 Å². The van der Waals surface area contributed by atoms with Crippen LogP contribution >= 0.6 is 0 Å². The number of hydrogen-bond acceptors (Lipinski definition) is 3. The van der Waals surface area contributed by atoms with Gasteiger partial charge in [0.1, 0.15) is 6.04 Å². The first-order valence-corrected chi connectivity index (χ1v) is 6.19. The van der Waals surface area contributed by atoms with Crippen molar-refractivity contribution in [1.82, 2.24) is 5.32 Å². The molecule has 4 nitrogen and oxygen atoms in total. The van der Waals surface area contributed by atoms with Crippen molar-refractivity contribution in [1.29, 1.82) is 0 Å². The highest BCUT2D eigenvalue weighted by atomic mass is 16.5. The molecule has 0 aliphatic carbocycles. The van der Waals surface area contributed by atoms with Crippen molar-refractivity contribution >= 4 is 11.9 Å². The second kappa shape index (κ2) is 8.08. The van der Waals surface area contributed by atoms with Crippen molar-refractivity contribution in [2.75, 3.05) is 7.11 Å². The first-order chi connectivity index (χ1) is 9.17. The van der Waals surface area contributed by atoms with E-state index < -0.39 is 12.0 Å². The third-order valence-electron chi connectivity index (χ3n) is 2.71. The zero-order chi connectivity index (χ0) is 14.1. The summed E-state index contributed by atoms with van der Waals surface area (Å²) in [5.41, 5.74) is 1.09. The number of amides is 1. The highest BCUT2D eigenvalue weighted by Crippen LogP contribution is 2.03. The third kappa shape index (κ3) is 5.38. The lowest BCUT2D eigenvalue weighted by Gasteiger charge is -2.14. The molecule has 0 radical (unpaired) electrons. The van der Waals surface area contributed by atoms with Crippen LogP contribution < -0.4 is 5.32 Å². The molecule has 19 heavy (non-hydrogen) atoms. The summed E-state index contributed by atoms with van der Waals surface area (Å²) < 4.78 is 4.63. The lowest BCUT2D eigenvalue weighted by atomic mass is 10.1. The molecular formula is C15H19NO3. The van der Waals surface area contributed by atoms with Gasteiger partial charge in [-0.1, -0.05) is 36.4 Å². The molecule has 0 aromatic heterocycles. The molecule has 0 saturated carbocycles. The quantitative estimate of drug-likeness (QED) is 0.602. The summed E-state index contributed by atoms with van der Waals surface area (Å²) in [5.74, 6) is -0.617. The number of hydrogen-bond donors (Lipinski definition) is 1. The number of aryl methyl sites for hydroxylation is 1. The molecule has 1 aromatic rings. The fraction of sp³-hybridized carbons (Fsp3) is 0.333. The first kappa shape index (κ1) is 15.0. The monoisotopic (exact) mass is 261 g/mol. The minimum absolute atomic E-state index is 0.166. The smallest absolute Gasteiger partial charge is 0.328 e. The van der Waals surface area contributed by atoms with E-state index in [4.69, 9.17) is 0 Å². The van der Waals surface area contributed by atoms with E-state index in [1.165, 1.54) is 7.11 Å². The standard InChI is InChI=1S/C15H19NO3/c1-3-7-13(15(18)19-2)16-14(17)11-10-12-8-5-4-6-9-12/h3-6,8-9,13H,1,7,10-11H2,2H3,(H,16,17)/t13-/m0/s1. The van der Waals surface area contributed by atoms with Crippen molar-refractivity contribution in [3.63, 3.8) is 0 Å². The molecule has 0 heterocycles. The zero-order valence-corrected chi connectivity index (χ0v) is 11.1. The molecule has 0 fully saturated rings. The third-order valence-corrected chi connectivity index (χ3v) is 2.71. The molecule has 0 aliphatic rings. The summed E-state index contributed by atoms with van der Waals surface area (Å²) in [6, 6.07) is 9.08. The number of carbonyl (C=O) groups is 2. The number of rotatable bonds is 7. The Morgan fingerprint density at radius 1 is 1.37 bits per heavy atom. The predicted molar refractivity (Wildman–Crippen MR) is 73.5 cm³/mol. The molecule has 4 heteroatoms. The van der Waals surface area contributed by atoms with Gasteiger partial charge in [-0.15, -0.1) is 6.58 Å². The highest BCUT2D eigenvalue weighted by Gasteiger charge is 2.19. The zero-order valence-electron chi connectivity index (χ0n) is 11.1. The maximum atomic E-state index is 11.8. The Kier molecular flexibility index (Phi) is 6.36. The van der Waals surface area contributed by atoms with E-state index in [0.717, 1.165) is 5.56 Å². The van der Waals surface area contributed by atoms with Crippen LogP contribution in [0.5, 0.6) is 0 Å². The van der Waals surface area contributed by atoms with Crippen molar-refractivity contribution in [3.05, 3.63) is 48.6 Å². The molecule has 1 rings (SSSR count). The summed E-state index contributed by atoms with van der Waals surface area (Å²) in [5, 5.41) is 2.65. The Morgan fingerprint density at radius 2 is 2.05 bits per heavy atom. The lowest BCUT2D eigenvalue weighted by molar-refractivity contribution is -0.145.